The normalized spacial score (nSPS) is 14.0. The van der Waals surface area contributed by atoms with Gasteiger partial charge in [-0.05, 0) is 42.0 Å². The smallest absolute Gasteiger partial charge is 0.295 e. The molecule has 1 N–H and O–H groups in total. The molecule has 1 aliphatic carbocycles. The van der Waals surface area contributed by atoms with Crippen LogP contribution in [0.25, 0.3) is 0 Å². The van der Waals surface area contributed by atoms with Crippen LogP contribution in [0.3, 0.4) is 0 Å². The number of benzene rings is 2. The van der Waals surface area contributed by atoms with Crippen LogP contribution >= 0.6 is 0 Å². The molecule has 0 aromatic heterocycles. The molecule has 1 aliphatic rings. The van der Waals surface area contributed by atoms with Gasteiger partial charge in [-0.25, -0.2) is 4.39 Å². The fourth-order valence-corrected chi connectivity index (χ4v) is 2.33. The molecule has 21 heavy (non-hydrogen) atoms. The van der Waals surface area contributed by atoms with Gasteiger partial charge in [-0.15, -0.1) is 0 Å². The maximum atomic E-state index is 13.1. The van der Waals surface area contributed by atoms with Crippen LogP contribution < -0.4 is 5.32 Å². The summed E-state index contributed by atoms with van der Waals surface area (Å²) in [7, 11) is 0. The highest BCUT2D eigenvalue weighted by atomic mass is 19.1. The maximum absolute atomic E-state index is 13.1. The van der Waals surface area contributed by atoms with E-state index >= 15 is 0 Å². The van der Waals surface area contributed by atoms with Gasteiger partial charge in [0.2, 0.25) is 0 Å². The second-order valence-corrected chi connectivity index (χ2v) is 5.29. The van der Waals surface area contributed by atoms with Crippen LogP contribution in [0.1, 0.15) is 29.9 Å². The monoisotopic (exact) mass is 286 g/mol. The zero-order valence-electron chi connectivity index (χ0n) is 11.4. The Morgan fingerprint density at radius 2 is 1.90 bits per heavy atom. The minimum absolute atomic E-state index is 0.246. The van der Waals surface area contributed by atoms with Crippen LogP contribution in [0.4, 0.5) is 15.8 Å². The van der Waals surface area contributed by atoms with Gasteiger partial charge in [-0.3, -0.25) is 10.1 Å². The SMILES string of the molecule is O=[N+]([O-])c1cc(F)ccc1NCc1ccc(C2CC2)cc1. The van der Waals surface area contributed by atoms with E-state index in [9.17, 15) is 14.5 Å². The summed E-state index contributed by atoms with van der Waals surface area (Å²) in [5, 5.41) is 13.9. The molecule has 0 bridgehead atoms. The molecule has 0 aliphatic heterocycles. The molecule has 108 valence electrons. The molecular weight excluding hydrogens is 271 g/mol. The van der Waals surface area contributed by atoms with E-state index in [-0.39, 0.29) is 5.69 Å². The first-order valence-electron chi connectivity index (χ1n) is 6.90. The van der Waals surface area contributed by atoms with Gasteiger partial charge in [0.25, 0.3) is 5.69 Å². The highest BCUT2D eigenvalue weighted by Gasteiger charge is 2.22. The number of halogens is 1. The zero-order valence-corrected chi connectivity index (χ0v) is 11.4. The fourth-order valence-electron chi connectivity index (χ4n) is 2.33. The number of hydrogen-bond acceptors (Lipinski definition) is 3. The van der Waals surface area contributed by atoms with E-state index in [1.165, 1.54) is 30.5 Å². The summed E-state index contributed by atoms with van der Waals surface area (Å²) >= 11 is 0. The second-order valence-electron chi connectivity index (χ2n) is 5.29. The molecule has 5 heteroatoms. The van der Waals surface area contributed by atoms with Crippen molar-refractivity contribution in [3.05, 3.63) is 69.5 Å². The first kappa shape index (κ1) is 13.5. The number of nitrogens with one attached hydrogen (secondary N) is 1. The molecule has 1 saturated carbocycles. The van der Waals surface area contributed by atoms with E-state index in [0.29, 0.717) is 18.2 Å². The topological polar surface area (TPSA) is 55.2 Å². The summed E-state index contributed by atoms with van der Waals surface area (Å²) in [4.78, 5) is 10.3. The van der Waals surface area contributed by atoms with E-state index in [0.717, 1.165) is 11.6 Å². The summed E-state index contributed by atoms with van der Waals surface area (Å²) < 4.78 is 13.1. The van der Waals surface area contributed by atoms with Gasteiger partial charge in [0.15, 0.2) is 0 Å². The Labute approximate surface area is 121 Å². The van der Waals surface area contributed by atoms with Crippen molar-refractivity contribution < 1.29 is 9.31 Å². The lowest BCUT2D eigenvalue weighted by atomic mass is 10.1. The molecule has 0 radical (unpaired) electrons. The summed E-state index contributed by atoms with van der Waals surface area (Å²) in [6.07, 6.45) is 2.53. The summed E-state index contributed by atoms with van der Waals surface area (Å²) in [5.41, 5.74) is 2.47. The van der Waals surface area contributed by atoms with Gasteiger partial charge < -0.3 is 5.32 Å². The molecule has 0 spiro atoms. The van der Waals surface area contributed by atoms with Crippen molar-refractivity contribution in [3.63, 3.8) is 0 Å². The molecule has 1 fully saturated rings. The van der Waals surface area contributed by atoms with Gasteiger partial charge in [0, 0.05) is 6.54 Å². The Kier molecular flexibility index (Phi) is 3.56. The molecule has 2 aromatic carbocycles. The third-order valence-corrected chi connectivity index (χ3v) is 3.67. The van der Waals surface area contributed by atoms with Crippen molar-refractivity contribution in [3.8, 4) is 0 Å². The predicted molar refractivity (Wildman–Crippen MR) is 78.8 cm³/mol. The molecule has 0 atom stereocenters. The molecule has 4 nitrogen and oxygen atoms in total. The Balaban J connectivity index is 1.70. The van der Waals surface area contributed by atoms with Crippen molar-refractivity contribution in [1.29, 1.82) is 0 Å². The molecule has 0 unspecified atom stereocenters. The first-order chi connectivity index (χ1) is 10.1. The van der Waals surface area contributed by atoms with Crippen molar-refractivity contribution in [2.75, 3.05) is 5.32 Å². The largest absolute Gasteiger partial charge is 0.375 e. The Hall–Kier alpha value is -2.43. The number of rotatable bonds is 5. The summed E-state index contributed by atoms with van der Waals surface area (Å²) in [5.74, 6) is 0.103. The van der Waals surface area contributed by atoms with Crippen LogP contribution in [-0.4, -0.2) is 4.92 Å². The lowest BCUT2D eigenvalue weighted by Crippen LogP contribution is -2.03. The average molecular weight is 286 g/mol. The zero-order chi connectivity index (χ0) is 14.8. The van der Waals surface area contributed by atoms with Crippen LogP contribution in [0, 0.1) is 15.9 Å². The Morgan fingerprint density at radius 1 is 1.19 bits per heavy atom. The minimum Gasteiger partial charge on any atom is -0.375 e. The number of nitro groups is 1. The number of anilines is 1. The lowest BCUT2D eigenvalue weighted by molar-refractivity contribution is -0.384. The van der Waals surface area contributed by atoms with Crippen molar-refractivity contribution >= 4 is 11.4 Å². The van der Waals surface area contributed by atoms with E-state index < -0.39 is 10.7 Å². The Morgan fingerprint density at radius 3 is 2.52 bits per heavy atom. The highest BCUT2D eigenvalue weighted by Crippen LogP contribution is 2.39. The highest BCUT2D eigenvalue weighted by molar-refractivity contribution is 5.61. The molecular formula is C16H15FN2O2. The molecule has 0 amide bonds. The van der Waals surface area contributed by atoms with E-state index in [2.05, 4.69) is 17.4 Å². The predicted octanol–water partition coefficient (Wildman–Crippen LogP) is 4.22. The third-order valence-electron chi connectivity index (χ3n) is 3.67. The number of hydrogen-bond donors (Lipinski definition) is 1. The van der Waals surface area contributed by atoms with Crippen molar-refractivity contribution in [1.82, 2.24) is 0 Å². The van der Waals surface area contributed by atoms with Gasteiger partial charge >= 0.3 is 0 Å². The fraction of sp³-hybridized carbons (Fsp3) is 0.250. The van der Waals surface area contributed by atoms with E-state index in [1.54, 1.807) is 0 Å². The lowest BCUT2D eigenvalue weighted by Gasteiger charge is -2.08. The Bertz CT molecular complexity index is 666. The molecule has 3 rings (SSSR count). The van der Waals surface area contributed by atoms with Crippen LogP contribution in [0.15, 0.2) is 42.5 Å². The molecule has 0 saturated heterocycles. The first-order valence-corrected chi connectivity index (χ1v) is 6.90. The number of nitrogens with zero attached hydrogens (tertiary/aromatic N) is 1. The van der Waals surface area contributed by atoms with Gasteiger partial charge in [-0.1, -0.05) is 24.3 Å². The third kappa shape index (κ3) is 3.18. The maximum Gasteiger partial charge on any atom is 0.295 e. The van der Waals surface area contributed by atoms with E-state index in [1.807, 2.05) is 12.1 Å². The standard InChI is InChI=1S/C16H15FN2O2/c17-14-7-8-15(16(9-14)19(20)21)18-10-11-1-3-12(4-2-11)13-5-6-13/h1-4,7-9,13,18H,5-6,10H2. The summed E-state index contributed by atoms with van der Waals surface area (Å²) in [6, 6.07) is 11.8. The van der Waals surface area contributed by atoms with Crippen molar-refractivity contribution in [2.45, 2.75) is 25.3 Å². The van der Waals surface area contributed by atoms with Crippen LogP contribution in [-0.2, 0) is 6.54 Å². The van der Waals surface area contributed by atoms with Gasteiger partial charge in [0.05, 0.1) is 11.0 Å². The second kappa shape index (κ2) is 5.52. The van der Waals surface area contributed by atoms with Crippen LogP contribution in [0.5, 0.6) is 0 Å². The van der Waals surface area contributed by atoms with Gasteiger partial charge in [0.1, 0.15) is 11.5 Å². The quantitative estimate of drug-likeness (QED) is 0.661. The van der Waals surface area contributed by atoms with Crippen LogP contribution in [0.2, 0.25) is 0 Å². The number of nitro benzene ring substituents is 1. The molecule has 2 aromatic rings. The van der Waals surface area contributed by atoms with Gasteiger partial charge in [-0.2, -0.15) is 0 Å². The minimum atomic E-state index is -0.610. The molecule has 0 heterocycles. The van der Waals surface area contributed by atoms with Crippen molar-refractivity contribution in [2.24, 2.45) is 0 Å². The van der Waals surface area contributed by atoms with E-state index in [4.69, 9.17) is 0 Å². The summed E-state index contributed by atoms with van der Waals surface area (Å²) in [6.45, 7) is 0.470. The average Bonchev–Trinajstić information content (AvgIpc) is 3.31.